The van der Waals surface area contributed by atoms with Crippen molar-refractivity contribution in [2.24, 2.45) is 0 Å². The van der Waals surface area contributed by atoms with Crippen LogP contribution in [0.4, 0.5) is 0 Å². The zero-order valence-corrected chi connectivity index (χ0v) is 11.9. The van der Waals surface area contributed by atoms with Gasteiger partial charge in [0.15, 0.2) is 0 Å². The summed E-state index contributed by atoms with van der Waals surface area (Å²) in [6.45, 7) is 3.32. The van der Waals surface area contributed by atoms with Gasteiger partial charge in [-0.15, -0.1) is 0 Å². The molecule has 1 saturated heterocycles. The highest BCUT2D eigenvalue weighted by Gasteiger charge is 2.16. The van der Waals surface area contributed by atoms with Crippen molar-refractivity contribution in [3.8, 4) is 0 Å². The van der Waals surface area contributed by atoms with Gasteiger partial charge >= 0.3 is 0 Å². The number of morpholine rings is 1. The van der Waals surface area contributed by atoms with Crippen LogP contribution in [0.5, 0.6) is 0 Å². The van der Waals surface area contributed by atoms with E-state index in [1.54, 1.807) is 7.11 Å². The van der Waals surface area contributed by atoms with Gasteiger partial charge in [0.25, 0.3) is 0 Å². The number of hydrogen-bond acceptors (Lipinski definition) is 4. The van der Waals surface area contributed by atoms with Crippen LogP contribution in [0.1, 0.15) is 17.5 Å². The maximum absolute atomic E-state index is 11.8. The molecule has 1 aliphatic rings. The number of methoxy groups -OCH3 is 1. The zero-order valence-electron chi connectivity index (χ0n) is 11.9. The van der Waals surface area contributed by atoms with Crippen LogP contribution in [0.25, 0.3) is 0 Å². The molecule has 0 aliphatic carbocycles. The molecule has 2 rings (SSSR count). The smallest absolute Gasteiger partial charge is 0.221 e. The maximum atomic E-state index is 11.8. The summed E-state index contributed by atoms with van der Waals surface area (Å²) in [7, 11) is 1.68. The normalized spacial score (nSPS) is 18.8. The lowest BCUT2D eigenvalue weighted by Gasteiger charge is -2.23. The average molecular weight is 278 g/mol. The zero-order chi connectivity index (χ0) is 14.2. The summed E-state index contributed by atoms with van der Waals surface area (Å²) in [5.74, 6) is 0.0500. The molecule has 110 valence electrons. The minimum Gasteiger partial charge on any atom is -0.380 e. The van der Waals surface area contributed by atoms with E-state index >= 15 is 0 Å². The first kappa shape index (κ1) is 15.0. The molecular formula is C15H22N2O3. The van der Waals surface area contributed by atoms with Crippen LogP contribution in [-0.4, -0.2) is 38.8 Å². The highest BCUT2D eigenvalue weighted by Crippen LogP contribution is 2.05. The molecule has 1 aliphatic heterocycles. The third-order valence-corrected chi connectivity index (χ3v) is 3.25. The van der Waals surface area contributed by atoms with Gasteiger partial charge in [0.2, 0.25) is 5.91 Å². The number of carbonyl (C=O) groups excluding carboxylic acids is 1. The predicted octanol–water partition coefficient (Wildman–Crippen LogP) is 0.828. The van der Waals surface area contributed by atoms with E-state index in [0.717, 1.165) is 24.3 Å². The van der Waals surface area contributed by atoms with Crippen molar-refractivity contribution in [1.29, 1.82) is 0 Å². The van der Waals surface area contributed by atoms with Gasteiger partial charge in [0.05, 0.1) is 19.8 Å². The lowest BCUT2D eigenvalue weighted by Crippen LogP contribution is -2.44. The molecule has 0 saturated carbocycles. The van der Waals surface area contributed by atoms with Crippen molar-refractivity contribution < 1.29 is 14.3 Å². The second-order valence-corrected chi connectivity index (χ2v) is 4.96. The van der Waals surface area contributed by atoms with E-state index in [2.05, 4.69) is 10.6 Å². The Morgan fingerprint density at radius 2 is 2.15 bits per heavy atom. The summed E-state index contributed by atoms with van der Waals surface area (Å²) in [6.07, 6.45) is 0.460. The molecule has 0 spiro atoms. The van der Waals surface area contributed by atoms with Gasteiger partial charge in [-0.3, -0.25) is 4.79 Å². The number of rotatable bonds is 6. The van der Waals surface area contributed by atoms with Crippen molar-refractivity contribution in [3.63, 3.8) is 0 Å². The van der Waals surface area contributed by atoms with Gasteiger partial charge in [-0.1, -0.05) is 24.3 Å². The van der Waals surface area contributed by atoms with Crippen LogP contribution < -0.4 is 10.6 Å². The first-order valence-electron chi connectivity index (χ1n) is 6.92. The number of hydrogen-bond donors (Lipinski definition) is 2. The van der Waals surface area contributed by atoms with Crippen LogP contribution in [0.3, 0.4) is 0 Å². The van der Waals surface area contributed by atoms with Gasteiger partial charge in [-0.25, -0.2) is 0 Å². The third kappa shape index (κ3) is 4.92. The summed E-state index contributed by atoms with van der Waals surface area (Å²) in [4.78, 5) is 11.8. The van der Waals surface area contributed by atoms with Crippen molar-refractivity contribution in [3.05, 3.63) is 35.4 Å². The Balaban J connectivity index is 1.72. The van der Waals surface area contributed by atoms with Gasteiger partial charge in [0.1, 0.15) is 0 Å². The standard InChI is InChI=1S/C15H22N2O3/c1-19-10-13-4-2-12(3-5-13)9-17-15(18)8-14-11-20-7-6-16-14/h2-5,14,16H,6-11H2,1H3,(H,17,18). The molecule has 1 amide bonds. The Labute approximate surface area is 119 Å². The van der Waals surface area contributed by atoms with Crippen LogP contribution >= 0.6 is 0 Å². The second kappa shape index (κ2) is 7.99. The fraction of sp³-hybridized carbons (Fsp3) is 0.533. The number of amides is 1. The Morgan fingerprint density at radius 1 is 1.40 bits per heavy atom. The van der Waals surface area contributed by atoms with Crippen LogP contribution in [-0.2, 0) is 27.4 Å². The fourth-order valence-corrected chi connectivity index (χ4v) is 2.17. The summed E-state index contributed by atoms with van der Waals surface area (Å²) < 4.78 is 10.4. The molecule has 2 N–H and O–H groups in total. The summed E-state index contributed by atoms with van der Waals surface area (Å²) in [5, 5.41) is 6.20. The molecule has 1 unspecified atom stereocenters. The third-order valence-electron chi connectivity index (χ3n) is 3.25. The van der Waals surface area contributed by atoms with Crippen molar-refractivity contribution in [2.75, 3.05) is 26.9 Å². The molecule has 20 heavy (non-hydrogen) atoms. The predicted molar refractivity (Wildman–Crippen MR) is 76.2 cm³/mol. The molecule has 0 radical (unpaired) electrons. The lowest BCUT2D eigenvalue weighted by atomic mass is 10.1. The Kier molecular flexibility index (Phi) is 5.98. The Morgan fingerprint density at radius 3 is 2.80 bits per heavy atom. The van der Waals surface area contributed by atoms with Crippen LogP contribution in [0.15, 0.2) is 24.3 Å². The SMILES string of the molecule is COCc1ccc(CNC(=O)CC2COCCN2)cc1. The molecule has 1 aromatic rings. The van der Waals surface area contributed by atoms with Crippen LogP contribution in [0.2, 0.25) is 0 Å². The van der Waals surface area contributed by atoms with E-state index in [1.165, 1.54) is 0 Å². The monoisotopic (exact) mass is 278 g/mol. The molecule has 0 aromatic heterocycles. The maximum Gasteiger partial charge on any atom is 0.221 e. The van der Waals surface area contributed by atoms with E-state index in [9.17, 15) is 4.79 Å². The number of carbonyl (C=O) groups is 1. The van der Waals surface area contributed by atoms with Gasteiger partial charge < -0.3 is 20.1 Å². The minimum absolute atomic E-state index is 0.0500. The summed E-state index contributed by atoms with van der Waals surface area (Å²) >= 11 is 0. The molecule has 5 heteroatoms. The highest BCUT2D eigenvalue weighted by atomic mass is 16.5. The van der Waals surface area contributed by atoms with E-state index in [-0.39, 0.29) is 11.9 Å². The molecule has 1 fully saturated rings. The fourth-order valence-electron chi connectivity index (χ4n) is 2.17. The van der Waals surface area contributed by atoms with Crippen molar-refractivity contribution in [1.82, 2.24) is 10.6 Å². The lowest BCUT2D eigenvalue weighted by molar-refractivity contribution is -0.122. The van der Waals surface area contributed by atoms with E-state index in [0.29, 0.717) is 26.2 Å². The first-order valence-corrected chi connectivity index (χ1v) is 6.92. The second-order valence-electron chi connectivity index (χ2n) is 4.96. The van der Waals surface area contributed by atoms with Crippen LogP contribution in [0, 0.1) is 0 Å². The van der Waals surface area contributed by atoms with Gasteiger partial charge in [-0.05, 0) is 11.1 Å². The Hall–Kier alpha value is -1.43. The van der Waals surface area contributed by atoms with Crippen molar-refractivity contribution >= 4 is 5.91 Å². The largest absolute Gasteiger partial charge is 0.380 e. The van der Waals surface area contributed by atoms with Crippen molar-refractivity contribution in [2.45, 2.75) is 25.6 Å². The minimum atomic E-state index is 0.0500. The molecule has 1 atom stereocenters. The van der Waals surface area contributed by atoms with E-state index < -0.39 is 0 Å². The Bertz CT molecular complexity index is 414. The molecular weight excluding hydrogens is 256 g/mol. The highest BCUT2D eigenvalue weighted by molar-refractivity contribution is 5.76. The molecule has 1 heterocycles. The molecule has 1 aromatic carbocycles. The number of nitrogens with one attached hydrogen (secondary N) is 2. The average Bonchev–Trinajstić information content (AvgIpc) is 2.48. The summed E-state index contributed by atoms with van der Waals surface area (Å²) in [6, 6.07) is 8.18. The summed E-state index contributed by atoms with van der Waals surface area (Å²) in [5.41, 5.74) is 2.22. The molecule has 0 bridgehead atoms. The van der Waals surface area contributed by atoms with E-state index in [1.807, 2.05) is 24.3 Å². The topological polar surface area (TPSA) is 59.6 Å². The molecule has 5 nitrogen and oxygen atoms in total. The first-order chi connectivity index (χ1) is 9.78. The number of benzene rings is 1. The number of ether oxygens (including phenoxy) is 2. The quantitative estimate of drug-likeness (QED) is 0.809. The van der Waals surface area contributed by atoms with Gasteiger partial charge in [0, 0.05) is 32.7 Å². The van der Waals surface area contributed by atoms with Gasteiger partial charge in [-0.2, -0.15) is 0 Å². The van der Waals surface area contributed by atoms with E-state index in [4.69, 9.17) is 9.47 Å².